The molecule has 0 radical (unpaired) electrons. The van der Waals surface area contributed by atoms with Crippen LogP contribution >= 0.6 is 0 Å². The van der Waals surface area contributed by atoms with Crippen LogP contribution in [0.3, 0.4) is 0 Å². The van der Waals surface area contributed by atoms with Crippen molar-refractivity contribution in [1.82, 2.24) is 4.57 Å². The van der Waals surface area contributed by atoms with Crippen molar-refractivity contribution in [3.05, 3.63) is 56.9 Å². The molecule has 2 N–H and O–H groups in total. The number of nitrogens with zero attached hydrogens (tertiary/aromatic N) is 1. The molecule has 118 valence electrons. The van der Waals surface area contributed by atoms with Gasteiger partial charge in [0.2, 0.25) is 0 Å². The fraction of sp³-hybridized carbons (Fsp3) is 0.421. The van der Waals surface area contributed by atoms with Crippen molar-refractivity contribution in [2.24, 2.45) is 5.73 Å². The predicted octanol–water partition coefficient (Wildman–Crippen LogP) is 3.87. The molecule has 22 heavy (non-hydrogen) atoms. The molecule has 0 saturated carbocycles. The molecule has 2 rings (SSSR count). The molecular formula is C19H26N2O. The van der Waals surface area contributed by atoms with E-state index in [1.54, 1.807) is 0 Å². The lowest BCUT2D eigenvalue weighted by Crippen LogP contribution is -2.30. The van der Waals surface area contributed by atoms with Gasteiger partial charge in [-0.3, -0.25) is 4.79 Å². The Kier molecular flexibility index (Phi) is 4.87. The first-order valence-corrected chi connectivity index (χ1v) is 7.93. The van der Waals surface area contributed by atoms with Gasteiger partial charge in [0.1, 0.15) is 0 Å². The third-order valence-corrected chi connectivity index (χ3v) is 4.46. The van der Waals surface area contributed by atoms with Crippen LogP contribution in [0.5, 0.6) is 0 Å². The Bertz CT molecular complexity index is 744. The number of hydrogen-bond donors (Lipinski definition) is 1. The largest absolute Gasteiger partial charge is 0.326 e. The van der Waals surface area contributed by atoms with Crippen molar-refractivity contribution in [2.75, 3.05) is 0 Å². The van der Waals surface area contributed by atoms with E-state index in [1.807, 2.05) is 11.5 Å². The van der Waals surface area contributed by atoms with Gasteiger partial charge in [-0.1, -0.05) is 30.7 Å². The number of nitrogens with two attached hydrogens (primary N) is 1. The van der Waals surface area contributed by atoms with E-state index < -0.39 is 0 Å². The minimum absolute atomic E-state index is 0.0480. The summed E-state index contributed by atoms with van der Waals surface area (Å²) in [6.07, 6.45) is 0.908. The fourth-order valence-electron chi connectivity index (χ4n) is 2.96. The topological polar surface area (TPSA) is 48.0 Å². The van der Waals surface area contributed by atoms with Gasteiger partial charge in [-0.15, -0.1) is 0 Å². The highest BCUT2D eigenvalue weighted by atomic mass is 16.1. The highest BCUT2D eigenvalue weighted by molar-refractivity contribution is 5.65. The number of hydrogen-bond acceptors (Lipinski definition) is 2. The number of pyridine rings is 1. The Morgan fingerprint density at radius 1 is 1.14 bits per heavy atom. The van der Waals surface area contributed by atoms with Gasteiger partial charge < -0.3 is 10.3 Å². The summed E-state index contributed by atoms with van der Waals surface area (Å²) in [6.45, 7) is 10.6. The molecular weight excluding hydrogens is 272 g/mol. The molecule has 1 atom stereocenters. The molecule has 0 aliphatic heterocycles. The summed E-state index contributed by atoms with van der Waals surface area (Å²) in [5, 5.41) is 0. The summed E-state index contributed by atoms with van der Waals surface area (Å²) in [6, 6.07) is 8.62. The molecule has 0 spiro atoms. The van der Waals surface area contributed by atoms with E-state index in [9.17, 15) is 4.79 Å². The van der Waals surface area contributed by atoms with Crippen molar-refractivity contribution in [3.63, 3.8) is 0 Å². The summed E-state index contributed by atoms with van der Waals surface area (Å²) < 4.78 is 1.91. The smallest absolute Gasteiger partial charge is 0.256 e. The maximum Gasteiger partial charge on any atom is 0.256 e. The monoisotopic (exact) mass is 298 g/mol. The van der Waals surface area contributed by atoms with Crippen LogP contribution in [-0.4, -0.2) is 4.57 Å². The van der Waals surface area contributed by atoms with Crippen LogP contribution in [0.2, 0.25) is 0 Å². The maximum atomic E-state index is 12.9. The van der Waals surface area contributed by atoms with Crippen molar-refractivity contribution >= 4 is 0 Å². The van der Waals surface area contributed by atoms with E-state index in [0.29, 0.717) is 5.56 Å². The molecule has 0 saturated heterocycles. The van der Waals surface area contributed by atoms with Gasteiger partial charge in [0.25, 0.3) is 5.56 Å². The quantitative estimate of drug-likeness (QED) is 0.931. The van der Waals surface area contributed by atoms with Gasteiger partial charge in [0, 0.05) is 23.7 Å². The lowest BCUT2D eigenvalue weighted by atomic mass is 9.99. The summed E-state index contributed by atoms with van der Waals surface area (Å²) in [5.74, 6) is 0. The highest BCUT2D eigenvalue weighted by Crippen LogP contribution is 2.27. The van der Waals surface area contributed by atoms with E-state index in [0.717, 1.165) is 23.2 Å². The maximum absolute atomic E-state index is 12.9. The van der Waals surface area contributed by atoms with Gasteiger partial charge in [-0.05, 0) is 51.3 Å². The van der Waals surface area contributed by atoms with Crippen LogP contribution in [0.25, 0.3) is 11.3 Å². The molecule has 3 nitrogen and oxygen atoms in total. The number of aryl methyl sites for hydroxylation is 3. The summed E-state index contributed by atoms with van der Waals surface area (Å²) >= 11 is 0. The second-order valence-electron chi connectivity index (χ2n) is 6.15. The van der Waals surface area contributed by atoms with Gasteiger partial charge in [-0.25, -0.2) is 0 Å². The molecule has 1 unspecified atom stereocenters. The minimum Gasteiger partial charge on any atom is -0.326 e. The van der Waals surface area contributed by atoms with Crippen LogP contribution in [0.1, 0.15) is 48.6 Å². The van der Waals surface area contributed by atoms with Gasteiger partial charge in [-0.2, -0.15) is 0 Å². The van der Waals surface area contributed by atoms with E-state index >= 15 is 0 Å². The average molecular weight is 298 g/mol. The van der Waals surface area contributed by atoms with Crippen molar-refractivity contribution in [2.45, 2.75) is 53.6 Å². The Labute approximate surface area is 132 Å². The van der Waals surface area contributed by atoms with E-state index in [1.165, 1.54) is 11.1 Å². The van der Waals surface area contributed by atoms with Crippen LogP contribution in [-0.2, 0) is 6.54 Å². The molecule has 1 aromatic heterocycles. The summed E-state index contributed by atoms with van der Waals surface area (Å²) in [4.78, 5) is 12.9. The van der Waals surface area contributed by atoms with E-state index in [4.69, 9.17) is 5.73 Å². The lowest BCUT2D eigenvalue weighted by molar-refractivity contribution is 0.515. The summed E-state index contributed by atoms with van der Waals surface area (Å²) in [5.41, 5.74) is 12.1. The first-order valence-electron chi connectivity index (χ1n) is 7.93. The molecule has 0 aliphatic rings. The first-order chi connectivity index (χ1) is 10.4. The van der Waals surface area contributed by atoms with E-state index in [2.05, 4.69) is 52.0 Å². The number of aromatic nitrogens is 1. The minimum atomic E-state index is 0.0480. The first kappa shape index (κ1) is 16.5. The van der Waals surface area contributed by atoms with Crippen LogP contribution in [0.15, 0.2) is 29.1 Å². The number of benzene rings is 1. The average Bonchev–Trinajstić information content (AvgIpc) is 2.46. The van der Waals surface area contributed by atoms with Crippen LogP contribution in [0, 0.1) is 20.8 Å². The standard InChI is InChI=1S/C19H26N2O/c1-6-15(5)21-18(10-14(4)17(11-20)19(21)22)16-8-7-12(2)9-13(16)3/h7-10,15H,6,11,20H2,1-5H3. The second kappa shape index (κ2) is 6.49. The van der Waals surface area contributed by atoms with Gasteiger partial charge in [0.15, 0.2) is 0 Å². The summed E-state index contributed by atoms with van der Waals surface area (Å²) in [7, 11) is 0. The third-order valence-electron chi connectivity index (χ3n) is 4.46. The Morgan fingerprint density at radius 2 is 1.82 bits per heavy atom. The molecule has 1 heterocycles. The predicted molar refractivity (Wildman–Crippen MR) is 93.2 cm³/mol. The zero-order valence-corrected chi connectivity index (χ0v) is 14.2. The molecule has 0 aliphatic carbocycles. The van der Waals surface area contributed by atoms with Crippen molar-refractivity contribution in [3.8, 4) is 11.3 Å². The highest BCUT2D eigenvalue weighted by Gasteiger charge is 2.17. The molecule has 0 bridgehead atoms. The molecule has 2 aromatic rings. The van der Waals surface area contributed by atoms with Crippen molar-refractivity contribution < 1.29 is 0 Å². The Balaban J connectivity index is 2.82. The fourth-order valence-corrected chi connectivity index (χ4v) is 2.96. The van der Waals surface area contributed by atoms with E-state index in [-0.39, 0.29) is 18.1 Å². The molecule has 0 amide bonds. The van der Waals surface area contributed by atoms with Gasteiger partial charge in [0.05, 0.1) is 5.69 Å². The third kappa shape index (κ3) is 2.86. The molecule has 0 fully saturated rings. The zero-order valence-electron chi connectivity index (χ0n) is 14.2. The Morgan fingerprint density at radius 3 is 2.36 bits per heavy atom. The van der Waals surface area contributed by atoms with Crippen LogP contribution in [0.4, 0.5) is 0 Å². The SMILES string of the molecule is CCC(C)n1c(-c2ccc(C)cc2C)cc(C)c(CN)c1=O. The van der Waals surface area contributed by atoms with Crippen molar-refractivity contribution in [1.29, 1.82) is 0 Å². The lowest BCUT2D eigenvalue weighted by Gasteiger charge is -2.22. The van der Waals surface area contributed by atoms with Crippen LogP contribution < -0.4 is 11.3 Å². The Hall–Kier alpha value is -1.87. The normalized spacial score (nSPS) is 12.5. The second-order valence-corrected chi connectivity index (χ2v) is 6.15. The number of rotatable bonds is 4. The van der Waals surface area contributed by atoms with Gasteiger partial charge >= 0.3 is 0 Å². The zero-order chi connectivity index (χ0) is 16.4. The molecule has 1 aromatic carbocycles. The molecule has 3 heteroatoms.